The largest absolute Gasteiger partial charge is 0.497 e. The van der Waals surface area contributed by atoms with E-state index in [9.17, 15) is 8.42 Å². The molecule has 0 atom stereocenters. The lowest BCUT2D eigenvalue weighted by Gasteiger charge is -2.56. The van der Waals surface area contributed by atoms with Crippen molar-refractivity contribution in [3.63, 3.8) is 0 Å². The van der Waals surface area contributed by atoms with E-state index in [1.165, 1.54) is 19.3 Å². The Labute approximate surface area is 133 Å². The van der Waals surface area contributed by atoms with Crippen molar-refractivity contribution < 1.29 is 13.2 Å². The first-order chi connectivity index (χ1) is 10.5. The first kappa shape index (κ1) is 14.6. The van der Waals surface area contributed by atoms with Crippen molar-refractivity contribution in [2.24, 2.45) is 17.8 Å². The Morgan fingerprint density at radius 3 is 1.95 bits per heavy atom. The van der Waals surface area contributed by atoms with Crippen molar-refractivity contribution in [3.05, 3.63) is 29.8 Å². The van der Waals surface area contributed by atoms with Gasteiger partial charge in [0.2, 0.25) is 0 Å². The van der Waals surface area contributed by atoms with Crippen LogP contribution in [0, 0.1) is 17.8 Å². The van der Waals surface area contributed by atoms with Gasteiger partial charge in [-0.25, -0.2) is 8.42 Å². The molecule has 4 saturated carbocycles. The fourth-order valence-electron chi connectivity index (χ4n) is 5.51. The molecule has 5 rings (SSSR count). The van der Waals surface area contributed by atoms with Crippen molar-refractivity contribution in [2.45, 2.75) is 49.0 Å². The summed E-state index contributed by atoms with van der Waals surface area (Å²) in [5.74, 6) is 2.95. The van der Waals surface area contributed by atoms with E-state index >= 15 is 0 Å². The second kappa shape index (κ2) is 4.98. The molecular formula is C18H24O3S. The molecule has 0 spiro atoms. The van der Waals surface area contributed by atoms with Crippen LogP contribution in [0.25, 0.3) is 0 Å². The van der Waals surface area contributed by atoms with Gasteiger partial charge in [-0.2, -0.15) is 0 Å². The number of ether oxygens (including phenoxy) is 1. The van der Waals surface area contributed by atoms with Crippen molar-refractivity contribution in [1.29, 1.82) is 0 Å². The summed E-state index contributed by atoms with van der Waals surface area (Å²) < 4.78 is 31.1. The third-order valence-corrected chi connectivity index (χ3v) is 8.69. The van der Waals surface area contributed by atoms with Crippen molar-refractivity contribution in [1.82, 2.24) is 0 Å². The van der Waals surface area contributed by atoms with E-state index in [1.807, 2.05) is 24.3 Å². The fraction of sp³-hybridized carbons (Fsp3) is 0.667. The lowest BCUT2D eigenvalue weighted by atomic mass is 9.56. The number of hydrogen-bond donors (Lipinski definition) is 0. The second-order valence-corrected chi connectivity index (χ2v) is 10.1. The number of methoxy groups -OCH3 is 1. The predicted octanol–water partition coefficient (Wildman–Crippen LogP) is 3.58. The Kier molecular flexibility index (Phi) is 3.30. The van der Waals surface area contributed by atoms with Crippen LogP contribution in [0.15, 0.2) is 24.3 Å². The maximum Gasteiger partial charge on any atom is 0.160 e. The Balaban J connectivity index is 1.60. The minimum atomic E-state index is -3.09. The maximum atomic E-state index is 13.2. The molecule has 4 fully saturated rings. The zero-order valence-corrected chi connectivity index (χ0v) is 13.9. The molecule has 120 valence electrons. The topological polar surface area (TPSA) is 43.4 Å². The van der Waals surface area contributed by atoms with Crippen molar-refractivity contribution >= 4 is 9.84 Å². The van der Waals surface area contributed by atoms with E-state index in [4.69, 9.17) is 4.74 Å². The number of sulfone groups is 1. The molecule has 0 aromatic heterocycles. The summed E-state index contributed by atoms with van der Waals surface area (Å²) in [6.45, 7) is 0. The van der Waals surface area contributed by atoms with E-state index < -0.39 is 14.6 Å². The van der Waals surface area contributed by atoms with Crippen LogP contribution < -0.4 is 4.74 Å². The van der Waals surface area contributed by atoms with Gasteiger partial charge in [-0.15, -0.1) is 0 Å². The SMILES string of the molecule is COc1ccc(CS(=O)(=O)C23CC4CC(CC(C4)C2)C3)cc1. The van der Waals surface area contributed by atoms with Gasteiger partial charge in [0.1, 0.15) is 5.75 Å². The molecule has 0 amide bonds. The summed E-state index contributed by atoms with van der Waals surface area (Å²) in [6, 6.07) is 7.48. The van der Waals surface area contributed by atoms with Gasteiger partial charge in [0, 0.05) is 0 Å². The van der Waals surface area contributed by atoms with Gasteiger partial charge in [0.15, 0.2) is 9.84 Å². The molecule has 3 nitrogen and oxygen atoms in total. The van der Waals surface area contributed by atoms with E-state index in [2.05, 4.69) is 0 Å². The molecule has 0 saturated heterocycles. The first-order valence-corrected chi connectivity index (χ1v) is 10.0. The minimum absolute atomic E-state index is 0.184. The smallest absolute Gasteiger partial charge is 0.160 e. The van der Waals surface area contributed by atoms with Gasteiger partial charge in [0.05, 0.1) is 17.6 Å². The molecule has 4 heteroatoms. The average Bonchev–Trinajstić information content (AvgIpc) is 2.46. The van der Waals surface area contributed by atoms with Gasteiger partial charge < -0.3 is 4.74 Å². The van der Waals surface area contributed by atoms with Gasteiger partial charge in [-0.3, -0.25) is 0 Å². The Hall–Kier alpha value is -1.03. The lowest BCUT2D eigenvalue weighted by molar-refractivity contribution is 0.0338. The summed E-state index contributed by atoms with van der Waals surface area (Å²) >= 11 is 0. The van der Waals surface area contributed by atoms with Crippen molar-refractivity contribution in [2.75, 3.05) is 7.11 Å². The summed E-state index contributed by atoms with van der Waals surface area (Å²) in [4.78, 5) is 0. The van der Waals surface area contributed by atoms with E-state index in [0.717, 1.165) is 30.6 Å². The monoisotopic (exact) mass is 320 g/mol. The lowest BCUT2D eigenvalue weighted by Crippen LogP contribution is -2.55. The van der Waals surface area contributed by atoms with Crippen LogP contribution in [0.5, 0.6) is 5.75 Å². The Bertz CT molecular complexity index is 625. The fourth-order valence-corrected chi connectivity index (χ4v) is 7.91. The molecule has 4 aliphatic rings. The van der Waals surface area contributed by atoms with E-state index in [1.54, 1.807) is 7.11 Å². The average molecular weight is 320 g/mol. The number of rotatable bonds is 4. The highest BCUT2D eigenvalue weighted by Crippen LogP contribution is 2.59. The van der Waals surface area contributed by atoms with Crippen LogP contribution in [0.2, 0.25) is 0 Å². The molecule has 0 heterocycles. The molecule has 4 bridgehead atoms. The maximum absolute atomic E-state index is 13.2. The van der Waals surface area contributed by atoms with Gasteiger partial charge in [-0.1, -0.05) is 12.1 Å². The summed E-state index contributed by atoms with van der Waals surface area (Å²) in [5, 5.41) is 0. The normalized spacial score (nSPS) is 36.5. The zero-order valence-electron chi connectivity index (χ0n) is 13.1. The first-order valence-electron chi connectivity index (χ1n) is 8.35. The standard InChI is InChI=1S/C18H24O3S/c1-21-17-4-2-13(3-5-17)12-22(19,20)18-9-14-6-15(10-18)8-16(7-14)11-18/h2-5,14-16H,6-12H2,1H3. The van der Waals surface area contributed by atoms with Crippen LogP contribution in [0.4, 0.5) is 0 Å². The van der Waals surface area contributed by atoms with Gasteiger partial charge >= 0.3 is 0 Å². The molecule has 1 aromatic carbocycles. The molecule has 0 radical (unpaired) electrons. The van der Waals surface area contributed by atoms with Crippen LogP contribution >= 0.6 is 0 Å². The third kappa shape index (κ3) is 2.27. The van der Waals surface area contributed by atoms with E-state index in [0.29, 0.717) is 17.8 Å². The number of hydrogen-bond acceptors (Lipinski definition) is 3. The van der Waals surface area contributed by atoms with E-state index in [-0.39, 0.29) is 5.75 Å². The summed E-state index contributed by atoms with van der Waals surface area (Å²) in [5.41, 5.74) is 0.886. The molecule has 0 N–H and O–H groups in total. The Morgan fingerprint density at radius 1 is 1.00 bits per heavy atom. The van der Waals surface area contributed by atoms with Crippen molar-refractivity contribution in [3.8, 4) is 5.75 Å². The molecule has 4 aliphatic carbocycles. The minimum Gasteiger partial charge on any atom is -0.497 e. The highest BCUT2D eigenvalue weighted by molar-refractivity contribution is 7.92. The van der Waals surface area contributed by atoms with Crippen LogP contribution in [-0.4, -0.2) is 20.3 Å². The molecule has 1 aromatic rings. The van der Waals surface area contributed by atoms with Crippen LogP contribution in [0.3, 0.4) is 0 Å². The molecule has 22 heavy (non-hydrogen) atoms. The summed E-state index contributed by atoms with van der Waals surface area (Å²) in [6.07, 6.45) is 6.57. The quantitative estimate of drug-likeness (QED) is 0.851. The third-order valence-electron chi connectivity index (χ3n) is 6.16. The molecular weight excluding hydrogens is 296 g/mol. The number of benzene rings is 1. The van der Waals surface area contributed by atoms with Crippen LogP contribution in [0.1, 0.15) is 44.1 Å². The Morgan fingerprint density at radius 2 is 1.50 bits per heavy atom. The zero-order chi connectivity index (χ0) is 15.4. The predicted molar refractivity (Wildman–Crippen MR) is 86.5 cm³/mol. The van der Waals surface area contributed by atoms with Crippen LogP contribution in [-0.2, 0) is 15.6 Å². The molecule has 0 unspecified atom stereocenters. The van der Waals surface area contributed by atoms with Gasteiger partial charge in [0.25, 0.3) is 0 Å². The second-order valence-electron chi connectivity index (χ2n) is 7.71. The highest BCUT2D eigenvalue weighted by Gasteiger charge is 2.57. The van der Waals surface area contributed by atoms with Gasteiger partial charge in [-0.05, 0) is 74.0 Å². The molecule has 0 aliphatic heterocycles. The highest BCUT2D eigenvalue weighted by atomic mass is 32.2. The summed E-state index contributed by atoms with van der Waals surface area (Å²) in [7, 11) is -1.47.